The highest BCUT2D eigenvalue weighted by Gasteiger charge is 2.29. The first-order valence-electron chi connectivity index (χ1n) is 8.28. The van der Waals surface area contributed by atoms with E-state index in [1.165, 1.54) is 0 Å². The molecule has 0 aliphatic heterocycles. The van der Waals surface area contributed by atoms with Crippen LogP contribution in [-0.4, -0.2) is 16.9 Å². The molecule has 1 aliphatic rings. The predicted octanol–water partition coefficient (Wildman–Crippen LogP) is 1.94. The van der Waals surface area contributed by atoms with E-state index < -0.39 is 17.8 Å². The molecule has 1 N–H and O–H groups in total. The molecule has 1 aromatic heterocycles. The maximum atomic E-state index is 12.4. The van der Waals surface area contributed by atoms with Crippen molar-refractivity contribution in [3.63, 3.8) is 0 Å². The quantitative estimate of drug-likeness (QED) is 0.847. The summed E-state index contributed by atoms with van der Waals surface area (Å²) in [7, 11) is 0. The molecule has 0 unspecified atom stereocenters. The highest BCUT2D eigenvalue weighted by molar-refractivity contribution is 5.95. The van der Waals surface area contributed by atoms with Crippen LogP contribution in [0.1, 0.15) is 24.0 Å². The van der Waals surface area contributed by atoms with Crippen LogP contribution in [0.5, 0.6) is 0 Å². The molecular weight excluding hydrogens is 316 g/mol. The van der Waals surface area contributed by atoms with E-state index in [2.05, 4.69) is 10.3 Å². The number of anilines is 1. The Balaban J connectivity index is 1.63. The molecule has 5 heteroatoms. The number of carboxylic acids is 1. The maximum Gasteiger partial charge on any atom is 0.228 e. The lowest BCUT2D eigenvalue weighted by Gasteiger charge is -2.28. The Bertz CT molecular complexity index is 769. The SMILES string of the molecule is O=C([O-])[C@@H]1CC=CC[C@H]1C(=O)Nc1ccc(Cc2ccncc2)cc1. The van der Waals surface area contributed by atoms with Crippen molar-refractivity contribution in [2.75, 3.05) is 5.32 Å². The highest BCUT2D eigenvalue weighted by Crippen LogP contribution is 2.26. The van der Waals surface area contributed by atoms with Crippen LogP contribution in [0.3, 0.4) is 0 Å². The lowest BCUT2D eigenvalue weighted by atomic mass is 9.82. The summed E-state index contributed by atoms with van der Waals surface area (Å²) in [6.07, 6.45) is 8.71. The summed E-state index contributed by atoms with van der Waals surface area (Å²) in [6.45, 7) is 0. The number of allylic oxidation sites excluding steroid dienone is 2. The van der Waals surface area contributed by atoms with E-state index >= 15 is 0 Å². The zero-order valence-corrected chi connectivity index (χ0v) is 13.7. The number of carbonyl (C=O) groups excluding carboxylic acids is 2. The van der Waals surface area contributed by atoms with Gasteiger partial charge in [0.1, 0.15) is 0 Å². The molecule has 25 heavy (non-hydrogen) atoms. The van der Waals surface area contributed by atoms with Crippen LogP contribution in [0.25, 0.3) is 0 Å². The number of hydrogen-bond donors (Lipinski definition) is 1. The number of rotatable bonds is 5. The largest absolute Gasteiger partial charge is 0.550 e. The van der Waals surface area contributed by atoms with E-state index in [4.69, 9.17) is 0 Å². The van der Waals surface area contributed by atoms with Crippen LogP contribution in [0, 0.1) is 11.8 Å². The van der Waals surface area contributed by atoms with Crippen LogP contribution in [0.15, 0.2) is 60.9 Å². The highest BCUT2D eigenvalue weighted by atomic mass is 16.4. The second-order valence-corrected chi connectivity index (χ2v) is 6.19. The van der Waals surface area contributed by atoms with Gasteiger partial charge in [0.05, 0.1) is 5.92 Å². The molecule has 1 amide bonds. The zero-order valence-electron chi connectivity index (χ0n) is 13.7. The van der Waals surface area contributed by atoms with Gasteiger partial charge in [0.15, 0.2) is 0 Å². The summed E-state index contributed by atoms with van der Waals surface area (Å²) in [5, 5.41) is 14.0. The molecule has 0 spiro atoms. The van der Waals surface area contributed by atoms with E-state index in [1.807, 2.05) is 42.5 Å². The van der Waals surface area contributed by atoms with Gasteiger partial charge >= 0.3 is 0 Å². The number of amides is 1. The summed E-state index contributed by atoms with van der Waals surface area (Å²) >= 11 is 0. The maximum absolute atomic E-state index is 12.4. The number of nitrogens with zero attached hydrogens (tertiary/aromatic N) is 1. The molecule has 0 saturated carbocycles. The molecule has 2 atom stereocenters. The molecular formula is C20H19N2O3-. The fraction of sp³-hybridized carbons (Fsp3) is 0.250. The number of carboxylic acid groups (broad SMARTS) is 1. The first-order chi connectivity index (χ1) is 12.1. The summed E-state index contributed by atoms with van der Waals surface area (Å²) in [4.78, 5) is 27.6. The number of aromatic nitrogens is 1. The van der Waals surface area contributed by atoms with Crippen molar-refractivity contribution in [2.24, 2.45) is 11.8 Å². The third-order valence-electron chi connectivity index (χ3n) is 4.45. The van der Waals surface area contributed by atoms with Crippen molar-refractivity contribution in [3.05, 3.63) is 72.1 Å². The van der Waals surface area contributed by atoms with Crippen LogP contribution < -0.4 is 10.4 Å². The van der Waals surface area contributed by atoms with Gasteiger partial charge in [0, 0.05) is 30.0 Å². The summed E-state index contributed by atoms with van der Waals surface area (Å²) in [5.41, 5.74) is 2.95. The molecule has 2 aromatic rings. The molecule has 5 nitrogen and oxygen atoms in total. The minimum Gasteiger partial charge on any atom is -0.550 e. The fourth-order valence-corrected chi connectivity index (χ4v) is 3.04. The summed E-state index contributed by atoms with van der Waals surface area (Å²) in [5.74, 6) is -2.81. The first-order valence-corrected chi connectivity index (χ1v) is 8.28. The Morgan fingerprint density at radius 3 is 2.20 bits per heavy atom. The lowest BCUT2D eigenvalue weighted by Crippen LogP contribution is -2.41. The normalized spacial score (nSPS) is 19.4. The van der Waals surface area contributed by atoms with E-state index in [9.17, 15) is 14.7 Å². The minimum atomic E-state index is -1.17. The average Bonchev–Trinajstić information content (AvgIpc) is 2.64. The third kappa shape index (κ3) is 4.32. The predicted molar refractivity (Wildman–Crippen MR) is 92.5 cm³/mol. The molecule has 0 radical (unpaired) electrons. The van der Waals surface area contributed by atoms with E-state index in [1.54, 1.807) is 18.5 Å². The molecule has 0 bridgehead atoms. The number of hydrogen-bond acceptors (Lipinski definition) is 4. The Morgan fingerprint density at radius 1 is 0.960 bits per heavy atom. The van der Waals surface area contributed by atoms with Crippen LogP contribution in [0.4, 0.5) is 5.69 Å². The standard InChI is InChI=1S/C20H20N2O3/c23-19(17-3-1-2-4-18(17)20(24)25)22-16-7-5-14(6-8-16)13-15-9-11-21-12-10-15/h1-2,5-12,17-18H,3-4,13H2,(H,22,23)(H,24,25)/p-1/t17-,18-/m1/s1. The Hall–Kier alpha value is -2.95. The van der Waals surface area contributed by atoms with Crippen molar-refractivity contribution >= 4 is 17.6 Å². The smallest absolute Gasteiger partial charge is 0.228 e. The van der Waals surface area contributed by atoms with Gasteiger partial charge in [-0.25, -0.2) is 0 Å². The molecule has 1 heterocycles. The Labute approximate surface area is 146 Å². The molecule has 1 aromatic carbocycles. The molecule has 128 valence electrons. The van der Waals surface area contributed by atoms with Crippen molar-refractivity contribution in [1.82, 2.24) is 4.98 Å². The summed E-state index contributed by atoms with van der Waals surface area (Å²) in [6, 6.07) is 11.5. The lowest BCUT2D eigenvalue weighted by molar-refractivity contribution is -0.313. The Morgan fingerprint density at radius 2 is 1.56 bits per heavy atom. The van der Waals surface area contributed by atoms with Crippen molar-refractivity contribution in [3.8, 4) is 0 Å². The summed E-state index contributed by atoms with van der Waals surface area (Å²) < 4.78 is 0. The van der Waals surface area contributed by atoms with Gasteiger partial charge in [0.25, 0.3) is 0 Å². The van der Waals surface area contributed by atoms with Gasteiger partial charge in [-0.2, -0.15) is 0 Å². The van der Waals surface area contributed by atoms with Crippen molar-refractivity contribution in [1.29, 1.82) is 0 Å². The average molecular weight is 335 g/mol. The van der Waals surface area contributed by atoms with Crippen LogP contribution in [-0.2, 0) is 16.0 Å². The van der Waals surface area contributed by atoms with Gasteiger partial charge in [-0.05, 0) is 54.7 Å². The molecule has 1 aliphatic carbocycles. The number of pyridine rings is 1. The zero-order chi connectivity index (χ0) is 17.6. The third-order valence-corrected chi connectivity index (χ3v) is 4.45. The second kappa shape index (κ2) is 7.75. The number of aliphatic carboxylic acids is 1. The van der Waals surface area contributed by atoms with Crippen molar-refractivity contribution < 1.29 is 14.7 Å². The van der Waals surface area contributed by atoms with E-state index in [0.29, 0.717) is 18.5 Å². The number of benzene rings is 1. The topological polar surface area (TPSA) is 82.1 Å². The van der Waals surface area contributed by atoms with Gasteiger partial charge in [0.2, 0.25) is 5.91 Å². The second-order valence-electron chi connectivity index (χ2n) is 6.19. The number of carbonyl (C=O) groups is 2. The Kier molecular flexibility index (Phi) is 5.23. The van der Waals surface area contributed by atoms with E-state index in [0.717, 1.165) is 17.5 Å². The molecule has 0 fully saturated rings. The minimum absolute atomic E-state index is 0.277. The van der Waals surface area contributed by atoms with Crippen LogP contribution >= 0.6 is 0 Å². The monoisotopic (exact) mass is 335 g/mol. The van der Waals surface area contributed by atoms with Gasteiger partial charge in [-0.1, -0.05) is 24.3 Å². The van der Waals surface area contributed by atoms with Crippen LogP contribution in [0.2, 0.25) is 0 Å². The van der Waals surface area contributed by atoms with Crippen molar-refractivity contribution in [2.45, 2.75) is 19.3 Å². The number of nitrogens with one attached hydrogen (secondary N) is 1. The molecule has 3 rings (SSSR count). The van der Waals surface area contributed by atoms with E-state index in [-0.39, 0.29) is 5.91 Å². The molecule has 0 saturated heterocycles. The van der Waals surface area contributed by atoms with Gasteiger partial charge in [-0.3, -0.25) is 9.78 Å². The van der Waals surface area contributed by atoms with Gasteiger partial charge in [-0.15, -0.1) is 0 Å². The van der Waals surface area contributed by atoms with Gasteiger partial charge < -0.3 is 15.2 Å². The first kappa shape index (κ1) is 16.9. The fourth-order valence-electron chi connectivity index (χ4n) is 3.04.